The summed E-state index contributed by atoms with van der Waals surface area (Å²) in [6, 6.07) is 38.8. The predicted molar refractivity (Wildman–Crippen MR) is 147 cm³/mol. The van der Waals surface area contributed by atoms with Gasteiger partial charge in [-0.3, -0.25) is 8.61 Å². The van der Waals surface area contributed by atoms with E-state index in [1.54, 1.807) is 0 Å². The van der Waals surface area contributed by atoms with E-state index < -0.39 is 10.4 Å². The third kappa shape index (κ3) is 3.31. The van der Waals surface area contributed by atoms with Crippen LogP contribution < -0.4 is 8.61 Å². The molecule has 0 radical (unpaired) electrons. The van der Waals surface area contributed by atoms with Crippen molar-refractivity contribution in [3.8, 4) is 22.3 Å². The number of hydrogen-bond acceptors (Lipinski definition) is 4. The van der Waals surface area contributed by atoms with Gasteiger partial charge in [-0.25, -0.2) is 9.97 Å². The summed E-state index contributed by atoms with van der Waals surface area (Å²) < 4.78 is 4.97. The SMILES string of the molecule is c1ccc(-c2cccc(N3c4nccnc4N(c4cccc(-c5ccccc5)c4)S34CC4)c2)cc1. The van der Waals surface area contributed by atoms with E-state index in [0.717, 1.165) is 23.1 Å². The van der Waals surface area contributed by atoms with Crippen LogP contribution in [0.5, 0.6) is 0 Å². The molecule has 2 aliphatic rings. The van der Waals surface area contributed by atoms with Gasteiger partial charge < -0.3 is 0 Å². The van der Waals surface area contributed by atoms with Crippen molar-refractivity contribution in [2.45, 2.75) is 0 Å². The molecule has 0 saturated carbocycles. The molecule has 5 heteroatoms. The van der Waals surface area contributed by atoms with E-state index in [4.69, 9.17) is 9.97 Å². The van der Waals surface area contributed by atoms with Crippen molar-refractivity contribution in [3.63, 3.8) is 0 Å². The first-order valence-corrected chi connectivity index (χ1v) is 13.7. The van der Waals surface area contributed by atoms with Crippen molar-refractivity contribution in [3.05, 3.63) is 122 Å². The fourth-order valence-electron chi connectivity index (χ4n) is 4.97. The number of benzene rings is 4. The van der Waals surface area contributed by atoms with Crippen molar-refractivity contribution in [2.24, 2.45) is 0 Å². The Morgan fingerprint density at radius 3 is 1.34 bits per heavy atom. The van der Waals surface area contributed by atoms with Gasteiger partial charge in [0.1, 0.15) is 0 Å². The fraction of sp³-hybridized carbons (Fsp3) is 0.0667. The first-order valence-electron chi connectivity index (χ1n) is 11.8. The van der Waals surface area contributed by atoms with Crippen LogP contribution in [-0.2, 0) is 0 Å². The summed E-state index contributed by atoms with van der Waals surface area (Å²) in [7, 11) is -1.30. The maximum absolute atomic E-state index is 4.85. The maximum Gasteiger partial charge on any atom is 0.188 e. The summed E-state index contributed by atoms with van der Waals surface area (Å²) in [5.41, 5.74) is 7.24. The molecule has 1 fully saturated rings. The Bertz CT molecular complexity index is 1400. The maximum atomic E-state index is 4.85. The number of anilines is 4. The Hall–Kier alpha value is -4.09. The Kier molecular flexibility index (Phi) is 4.64. The second kappa shape index (κ2) is 8.00. The molecule has 0 aliphatic carbocycles. The average molecular weight is 473 g/mol. The molecule has 4 nitrogen and oxygen atoms in total. The molecule has 1 aromatic heterocycles. The summed E-state index contributed by atoms with van der Waals surface area (Å²) in [4.78, 5) is 9.71. The van der Waals surface area contributed by atoms with E-state index in [1.807, 2.05) is 12.4 Å². The van der Waals surface area contributed by atoms with Crippen LogP contribution >= 0.6 is 10.4 Å². The Balaban J connectivity index is 1.35. The van der Waals surface area contributed by atoms with Crippen LogP contribution in [-0.4, -0.2) is 21.5 Å². The zero-order chi connectivity index (χ0) is 23.2. The highest BCUT2D eigenvalue weighted by Crippen LogP contribution is 2.77. The number of fused-ring (bicyclic) bond motifs is 1. The van der Waals surface area contributed by atoms with Gasteiger partial charge in [-0.2, -0.15) is 0 Å². The molecule has 5 aromatic rings. The first kappa shape index (κ1) is 20.3. The lowest BCUT2D eigenvalue weighted by Crippen LogP contribution is -2.20. The monoisotopic (exact) mass is 472 g/mol. The number of hydrogen-bond donors (Lipinski definition) is 0. The van der Waals surface area contributed by atoms with Gasteiger partial charge in [0.15, 0.2) is 11.6 Å². The van der Waals surface area contributed by atoms with Crippen molar-refractivity contribution < 1.29 is 0 Å². The van der Waals surface area contributed by atoms with Gasteiger partial charge in [0, 0.05) is 23.9 Å². The van der Waals surface area contributed by atoms with Crippen molar-refractivity contribution >= 4 is 33.4 Å². The second-order valence-corrected chi connectivity index (χ2v) is 12.0. The molecule has 0 atom stereocenters. The zero-order valence-electron chi connectivity index (χ0n) is 19.2. The Morgan fingerprint density at radius 1 is 0.486 bits per heavy atom. The molecular weight excluding hydrogens is 448 g/mol. The fourth-order valence-corrected chi connectivity index (χ4v) is 8.38. The average Bonchev–Trinajstić information content (AvgIpc) is 3.65. The van der Waals surface area contributed by atoms with Crippen LogP contribution in [0.15, 0.2) is 122 Å². The van der Waals surface area contributed by atoms with Crippen LogP contribution in [0, 0.1) is 0 Å². The molecule has 170 valence electrons. The highest BCUT2D eigenvalue weighted by molar-refractivity contribution is 8.42. The van der Waals surface area contributed by atoms with E-state index in [9.17, 15) is 0 Å². The van der Waals surface area contributed by atoms with Gasteiger partial charge in [0.25, 0.3) is 0 Å². The van der Waals surface area contributed by atoms with E-state index in [-0.39, 0.29) is 0 Å². The van der Waals surface area contributed by atoms with Gasteiger partial charge in [0.2, 0.25) is 0 Å². The minimum absolute atomic E-state index is 0.954. The van der Waals surface area contributed by atoms with E-state index in [2.05, 4.69) is 118 Å². The van der Waals surface area contributed by atoms with Crippen molar-refractivity contribution in [2.75, 3.05) is 20.1 Å². The normalized spacial score (nSPS) is 16.2. The van der Waals surface area contributed by atoms with Crippen LogP contribution in [0.2, 0.25) is 0 Å². The molecule has 0 unspecified atom stereocenters. The number of aromatic nitrogens is 2. The quantitative estimate of drug-likeness (QED) is 0.250. The van der Waals surface area contributed by atoms with Crippen LogP contribution in [0.4, 0.5) is 23.0 Å². The molecule has 0 N–H and O–H groups in total. The van der Waals surface area contributed by atoms with Gasteiger partial charge in [-0.1, -0.05) is 95.3 Å². The lowest BCUT2D eigenvalue weighted by atomic mass is 10.1. The highest BCUT2D eigenvalue weighted by Gasteiger charge is 2.56. The summed E-state index contributed by atoms with van der Waals surface area (Å²) in [6.45, 7) is 0. The van der Waals surface area contributed by atoms with Crippen LogP contribution in [0.3, 0.4) is 0 Å². The smallest absolute Gasteiger partial charge is 0.188 e. The lowest BCUT2D eigenvalue weighted by Gasteiger charge is -2.36. The zero-order valence-corrected chi connectivity index (χ0v) is 20.0. The second-order valence-electron chi connectivity index (χ2n) is 8.84. The molecule has 0 bridgehead atoms. The molecule has 7 rings (SSSR count). The highest BCUT2D eigenvalue weighted by atomic mass is 32.3. The lowest BCUT2D eigenvalue weighted by molar-refractivity contribution is 1.17. The molecule has 4 aromatic carbocycles. The minimum Gasteiger partial charge on any atom is -0.267 e. The van der Waals surface area contributed by atoms with Crippen LogP contribution in [0.1, 0.15) is 0 Å². The third-order valence-electron chi connectivity index (χ3n) is 6.67. The van der Waals surface area contributed by atoms with Gasteiger partial charge in [-0.05, 0) is 46.5 Å². The topological polar surface area (TPSA) is 32.3 Å². The third-order valence-corrected chi connectivity index (χ3v) is 9.94. The van der Waals surface area contributed by atoms with Gasteiger partial charge >= 0.3 is 0 Å². The summed E-state index contributed by atoms with van der Waals surface area (Å²) in [6.07, 6.45) is 3.62. The summed E-state index contributed by atoms with van der Waals surface area (Å²) >= 11 is 0. The Labute approximate surface area is 207 Å². The molecule has 0 amide bonds. The Morgan fingerprint density at radius 2 is 0.914 bits per heavy atom. The standard InChI is InChI=1S/C30H24N4S/c1-3-9-23(10-4-1)25-13-7-15-27(21-25)33-29-30(32-18-17-31-29)34(35(33)19-20-35)28-16-8-14-26(22-28)24-11-5-2-6-12-24/h1-18,21-22H,19-20H2. The number of nitrogens with zero attached hydrogens (tertiary/aromatic N) is 4. The van der Waals surface area contributed by atoms with E-state index in [0.29, 0.717) is 0 Å². The van der Waals surface area contributed by atoms with Crippen LogP contribution in [0.25, 0.3) is 22.3 Å². The molecule has 1 spiro atoms. The molecule has 1 saturated heterocycles. The minimum atomic E-state index is -1.30. The van der Waals surface area contributed by atoms with Gasteiger partial charge in [0.05, 0.1) is 11.4 Å². The molecular formula is C30H24N4S. The largest absolute Gasteiger partial charge is 0.267 e. The van der Waals surface area contributed by atoms with E-state index in [1.165, 1.54) is 33.6 Å². The van der Waals surface area contributed by atoms with Crippen molar-refractivity contribution in [1.29, 1.82) is 0 Å². The van der Waals surface area contributed by atoms with E-state index >= 15 is 0 Å². The first-order chi connectivity index (χ1) is 17.3. The van der Waals surface area contributed by atoms with Crippen molar-refractivity contribution in [1.82, 2.24) is 9.97 Å². The molecule has 3 heterocycles. The van der Waals surface area contributed by atoms with Gasteiger partial charge in [-0.15, -0.1) is 0 Å². The summed E-state index contributed by atoms with van der Waals surface area (Å²) in [5, 5.41) is 0. The molecule has 2 aliphatic heterocycles. The molecule has 35 heavy (non-hydrogen) atoms. The predicted octanol–water partition coefficient (Wildman–Crippen LogP) is 7.75. The summed E-state index contributed by atoms with van der Waals surface area (Å²) in [5.74, 6) is 4.18. The number of rotatable bonds is 4.